The highest BCUT2D eigenvalue weighted by Crippen LogP contribution is 2.29. The van der Waals surface area contributed by atoms with Gasteiger partial charge in [0, 0.05) is 12.6 Å². The Morgan fingerprint density at radius 1 is 1.41 bits per heavy atom. The van der Waals surface area contributed by atoms with Crippen LogP contribution in [0.4, 0.5) is 0 Å². The molecule has 1 heterocycles. The third-order valence-electron chi connectivity index (χ3n) is 2.80. The fourth-order valence-corrected chi connectivity index (χ4v) is 1.61. The second kappa shape index (κ2) is 6.01. The van der Waals surface area contributed by atoms with E-state index >= 15 is 0 Å². The second-order valence-electron chi connectivity index (χ2n) is 5.25. The van der Waals surface area contributed by atoms with Crippen LogP contribution >= 0.6 is 0 Å². The van der Waals surface area contributed by atoms with E-state index in [9.17, 15) is 0 Å². The molecule has 0 atom stereocenters. The summed E-state index contributed by atoms with van der Waals surface area (Å²) in [6.07, 6.45) is 2.63. The molecule has 94 valence electrons. The summed E-state index contributed by atoms with van der Waals surface area (Å²) in [5, 5.41) is 3.39. The van der Waals surface area contributed by atoms with E-state index in [1.54, 1.807) is 0 Å². The molecule has 1 aliphatic carbocycles. The van der Waals surface area contributed by atoms with Gasteiger partial charge in [0.1, 0.15) is 0 Å². The summed E-state index contributed by atoms with van der Waals surface area (Å²) in [5.41, 5.74) is 1.05. The Morgan fingerprint density at radius 3 is 2.94 bits per heavy atom. The Kier molecular flexibility index (Phi) is 4.37. The lowest BCUT2D eigenvalue weighted by atomic mass is 10.2. The van der Waals surface area contributed by atoms with Gasteiger partial charge in [0.25, 0.3) is 0 Å². The van der Waals surface area contributed by atoms with Crippen molar-refractivity contribution in [2.75, 3.05) is 13.2 Å². The summed E-state index contributed by atoms with van der Waals surface area (Å²) in [6, 6.07) is 5.99. The standard InChI is InChI=1S/C14H22N2O/c1-11(2)8-15-9-13-4-3-5-14(16-13)17-10-12-6-7-12/h3-5,11-12,15H,6-10H2,1-2H3. The zero-order chi connectivity index (χ0) is 12.1. The van der Waals surface area contributed by atoms with Crippen molar-refractivity contribution in [3.63, 3.8) is 0 Å². The molecule has 0 unspecified atom stereocenters. The molecule has 17 heavy (non-hydrogen) atoms. The van der Waals surface area contributed by atoms with Crippen LogP contribution in [0.25, 0.3) is 0 Å². The van der Waals surface area contributed by atoms with Crippen molar-refractivity contribution < 1.29 is 4.74 Å². The summed E-state index contributed by atoms with van der Waals surface area (Å²) in [4.78, 5) is 4.48. The van der Waals surface area contributed by atoms with Crippen LogP contribution in [-0.4, -0.2) is 18.1 Å². The minimum Gasteiger partial charge on any atom is -0.477 e. The molecule has 3 heteroatoms. The van der Waals surface area contributed by atoms with Crippen molar-refractivity contribution in [2.24, 2.45) is 11.8 Å². The molecule has 1 N–H and O–H groups in total. The van der Waals surface area contributed by atoms with Crippen LogP contribution in [0.5, 0.6) is 5.88 Å². The van der Waals surface area contributed by atoms with Gasteiger partial charge >= 0.3 is 0 Å². The fraction of sp³-hybridized carbons (Fsp3) is 0.643. The molecule has 0 amide bonds. The lowest BCUT2D eigenvalue weighted by molar-refractivity contribution is 0.287. The first-order chi connectivity index (χ1) is 8.24. The average Bonchev–Trinajstić information content (AvgIpc) is 3.10. The number of hydrogen-bond acceptors (Lipinski definition) is 3. The SMILES string of the molecule is CC(C)CNCc1cccc(OCC2CC2)n1. The van der Waals surface area contributed by atoms with Crippen molar-refractivity contribution in [1.29, 1.82) is 0 Å². The zero-order valence-corrected chi connectivity index (χ0v) is 10.8. The number of nitrogens with one attached hydrogen (secondary N) is 1. The van der Waals surface area contributed by atoms with Crippen LogP contribution in [0.3, 0.4) is 0 Å². The van der Waals surface area contributed by atoms with E-state index in [0.717, 1.165) is 37.2 Å². The van der Waals surface area contributed by atoms with Gasteiger partial charge in [-0.1, -0.05) is 19.9 Å². The molecule has 1 aromatic rings. The Bertz CT molecular complexity index is 348. The molecule has 0 spiro atoms. The number of rotatable bonds is 7. The van der Waals surface area contributed by atoms with E-state index in [1.807, 2.05) is 18.2 Å². The van der Waals surface area contributed by atoms with Gasteiger partial charge in [-0.15, -0.1) is 0 Å². The maximum absolute atomic E-state index is 5.66. The number of ether oxygens (including phenoxy) is 1. The number of hydrogen-bond donors (Lipinski definition) is 1. The van der Waals surface area contributed by atoms with Crippen LogP contribution in [0.15, 0.2) is 18.2 Å². The maximum atomic E-state index is 5.66. The number of nitrogens with zero attached hydrogens (tertiary/aromatic N) is 1. The number of aromatic nitrogens is 1. The normalized spacial score (nSPS) is 15.2. The smallest absolute Gasteiger partial charge is 0.213 e. The molecular formula is C14H22N2O. The first kappa shape index (κ1) is 12.4. The van der Waals surface area contributed by atoms with Gasteiger partial charge in [0.15, 0.2) is 0 Å². The molecule has 3 nitrogen and oxygen atoms in total. The minimum absolute atomic E-state index is 0.671. The van der Waals surface area contributed by atoms with Gasteiger partial charge < -0.3 is 10.1 Å². The van der Waals surface area contributed by atoms with Crippen molar-refractivity contribution in [3.05, 3.63) is 23.9 Å². The summed E-state index contributed by atoms with van der Waals surface area (Å²) < 4.78 is 5.66. The van der Waals surface area contributed by atoms with Crippen LogP contribution in [0.1, 0.15) is 32.4 Å². The molecule has 0 radical (unpaired) electrons. The van der Waals surface area contributed by atoms with Crippen molar-refractivity contribution in [1.82, 2.24) is 10.3 Å². The molecule has 2 rings (SSSR count). The average molecular weight is 234 g/mol. The van der Waals surface area contributed by atoms with Crippen molar-refractivity contribution in [3.8, 4) is 5.88 Å². The monoisotopic (exact) mass is 234 g/mol. The van der Waals surface area contributed by atoms with Crippen LogP contribution < -0.4 is 10.1 Å². The predicted molar refractivity (Wildman–Crippen MR) is 69.0 cm³/mol. The molecule has 0 aromatic carbocycles. The molecule has 0 aliphatic heterocycles. The number of pyridine rings is 1. The first-order valence-electron chi connectivity index (χ1n) is 6.53. The highest BCUT2D eigenvalue weighted by atomic mass is 16.5. The van der Waals surface area contributed by atoms with E-state index in [1.165, 1.54) is 12.8 Å². The van der Waals surface area contributed by atoms with E-state index < -0.39 is 0 Å². The highest BCUT2D eigenvalue weighted by Gasteiger charge is 2.22. The molecule has 0 bridgehead atoms. The molecule has 1 aliphatic rings. The summed E-state index contributed by atoms with van der Waals surface area (Å²) in [6.45, 7) is 7.08. The fourth-order valence-electron chi connectivity index (χ4n) is 1.61. The minimum atomic E-state index is 0.671. The first-order valence-corrected chi connectivity index (χ1v) is 6.53. The zero-order valence-electron chi connectivity index (χ0n) is 10.8. The topological polar surface area (TPSA) is 34.1 Å². The van der Waals surface area contributed by atoms with E-state index in [0.29, 0.717) is 5.92 Å². The maximum Gasteiger partial charge on any atom is 0.213 e. The Balaban J connectivity index is 1.78. The van der Waals surface area contributed by atoms with Crippen molar-refractivity contribution >= 4 is 0 Å². The van der Waals surface area contributed by atoms with Gasteiger partial charge in [0.05, 0.1) is 12.3 Å². The molecule has 0 saturated heterocycles. The molecular weight excluding hydrogens is 212 g/mol. The van der Waals surface area contributed by atoms with Gasteiger partial charge in [-0.25, -0.2) is 4.98 Å². The highest BCUT2D eigenvalue weighted by molar-refractivity contribution is 5.15. The molecule has 1 fully saturated rings. The van der Waals surface area contributed by atoms with E-state index in [-0.39, 0.29) is 0 Å². The van der Waals surface area contributed by atoms with Gasteiger partial charge in [-0.05, 0) is 37.3 Å². The molecule has 1 saturated carbocycles. The Labute approximate surface area is 104 Å². The lowest BCUT2D eigenvalue weighted by Crippen LogP contribution is -2.19. The van der Waals surface area contributed by atoms with E-state index in [2.05, 4.69) is 24.1 Å². The second-order valence-corrected chi connectivity index (χ2v) is 5.25. The lowest BCUT2D eigenvalue weighted by Gasteiger charge is -2.08. The third kappa shape index (κ3) is 4.73. The van der Waals surface area contributed by atoms with Gasteiger partial charge in [0.2, 0.25) is 5.88 Å². The van der Waals surface area contributed by atoms with Gasteiger partial charge in [-0.2, -0.15) is 0 Å². The van der Waals surface area contributed by atoms with Crippen LogP contribution in [-0.2, 0) is 6.54 Å². The van der Waals surface area contributed by atoms with Gasteiger partial charge in [-0.3, -0.25) is 0 Å². The Morgan fingerprint density at radius 2 is 2.24 bits per heavy atom. The summed E-state index contributed by atoms with van der Waals surface area (Å²) in [5.74, 6) is 2.21. The predicted octanol–water partition coefficient (Wildman–Crippen LogP) is 2.62. The van der Waals surface area contributed by atoms with Crippen LogP contribution in [0.2, 0.25) is 0 Å². The summed E-state index contributed by atoms with van der Waals surface area (Å²) in [7, 11) is 0. The quantitative estimate of drug-likeness (QED) is 0.787. The molecule has 1 aromatic heterocycles. The van der Waals surface area contributed by atoms with E-state index in [4.69, 9.17) is 4.74 Å². The largest absolute Gasteiger partial charge is 0.477 e. The summed E-state index contributed by atoms with van der Waals surface area (Å²) >= 11 is 0. The Hall–Kier alpha value is -1.09. The van der Waals surface area contributed by atoms with Crippen molar-refractivity contribution in [2.45, 2.75) is 33.2 Å². The third-order valence-corrected chi connectivity index (χ3v) is 2.80. The van der Waals surface area contributed by atoms with Crippen LogP contribution in [0, 0.1) is 11.8 Å².